The summed E-state index contributed by atoms with van der Waals surface area (Å²) in [5.74, 6) is 0. The van der Waals surface area contributed by atoms with E-state index in [1.54, 1.807) is 0 Å². The van der Waals surface area contributed by atoms with Gasteiger partial charge in [0.2, 0.25) is 11.4 Å². The van der Waals surface area contributed by atoms with Crippen molar-refractivity contribution >= 4 is 34.6 Å². The predicted molar refractivity (Wildman–Crippen MR) is 106 cm³/mol. The Hall–Kier alpha value is -1.38. The maximum Gasteiger partial charge on any atom is 0.218 e. The molecule has 128 valence electrons. The van der Waals surface area contributed by atoms with E-state index in [0.29, 0.717) is 0 Å². The van der Waals surface area contributed by atoms with Crippen LogP contribution < -0.4 is 0 Å². The van der Waals surface area contributed by atoms with Gasteiger partial charge in [0.25, 0.3) is 0 Å². The third-order valence-corrected chi connectivity index (χ3v) is 5.04. The first-order valence-corrected chi connectivity index (χ1v) is 9.40. The van der Waals surface area contributed by atoms with Crippen molar-refractivity contribution in [1.82, 2.24) is 0 Å². The van der Waals surface area contributed by atoms with Gasteiger partial charge >= 0.3 is 0 Å². The van der Waals surface area contributed by atoms with E-state index >= 15 is 0 Å². The number of hydrogen-bond acceptors (Lipinski definition) is 0. The molecule has 4 heteroatoms. The molecule has 0 N–H and O–H groups in total. The fourth-order valence-electron chi connectivity index (χ4n) is 3.01. The highest BCUT2D eigenvalue weighted by Crippen LogP contribution is 2.25. The van der Waals surface area contributed by atoms with Crippen molar-refractivity contribution in [1.29, 1.82) is 0 Å². The number of halogens is 2. The lowest BCUT2D eigenvalue weighted by Crippen LogP contribution is -2.22. The third kappa shape index (κ3) is 3.99. The van der Waals surface area contributed by atoms with Crippen LogP contribution in [0.1, 0.15) is 27.7 Å². The maximum atomic E-state index is 6.52. The second kappa shape index (κ2) is 8.64. The first-order valence-electron chi connectivity index (χ1n) is 8.64. The quantitative estimate of drug-likeness (QED) is 0.640. The smallest absolute Gasteiger partial charge is 0.218 e. The summed E-state index contributed by atoms with van der Waals surface area (Å²) in [5, 5.41) is 1.56. The lowest BCUT2D eigenvalue weighted by molar-refractivity contribution is -0.519. The van der Waals surface area contributed by atoms with Gasteiger partial charge in [-0.15, -0.1) is 0 Å². The van der Waals surface area contributed by atoms with Crippen LogP contribution >= 0.6 is 23.2 Å². The highest BCUT2D eigenvalue weighted by Gasteiger charge is 2.20. The largest absolute Gasteiger partial charge is 0.229 e. The van der Waals surface area contributed by atoms with E-state index in [1.807, 2.05) is 12.2 Å². The first kappa shape index (κ1) is 19.0. The Labute approximate surface area is 155 Å². The third-order valence-electron chi connectivity index (χ3n) is 4.44. The molecule has 0 heterocycles. The minimum absolute atomic E-state index is 0.778. The number of allylic oxidation sites excluding steroid dienone is 10. The molecule has 0 fully saturated rings. The molecule has 0 spiro atoms. The van der Waals surface area contributed by atoms with Gasteiger partial charge in [-0.2, -0.15) is 0 Å². The first-order chi connectivity index (χ1) is 11.5. The molecule has 0 atom stereocenters. The molecule has 0 aliphatic heterocycles. The lowest BCUT2D eigenvalue weighted by atomic mass is 9.98. The van der Waals surface area contributed by atoms with Crippen LogP contribution in [0.4, 0.5) is 0 Å². The van der Waals surface area contributed by atoms with E-state index in [2.05, 4.69) is 61.2 Å². The molecule has 2 aliphatic carbocycles. The number of hydrogen-bond donors (Lipinski definition) is 0. The lowest BCUT2D eigenvalue weighted by Gasteiger charge is -2.13. The maximum absolute atomic E-state index is 6.52. The Kier molecular flexibility index (Phi) is 6.82. The van der Waals surface area contributed by atoms with Crippen molar-refractivity contribution in [2.75, 3.05) is 26.2 Å². The van der Waals surface area contributed by atoms with Gasteiger partial charge in [-0.3, -0.25) is 0 Å². The number of rotatable bonds is 4. The molecule has 24 heavy (non-hydrogen) atoms. The molecule has 2 rings (SSSR count). The Morgan fingerprint density at radius 3 is 1.21 bits per heavy atom. The van der Waals surface area contributed by atoms with Crippen LogP contribution in [0.15, 0.2) is 57.7 Å². The topological polar surface area (TPSA) is 6.02 Å². The molecule has 0 radical (unpaired) electrons. The predicted octanol–water partition coefficient (Wildman–Crippen LogP) is 4.65. The van der Waals surface area contributed by atoms with E-state index in [-0.39, 0.29) is 0 Å². The average molecular weight is 365 g/mol. The summed E-state index contributed by atoms with van der Waals surface area (Å²) in [6, 6.07) is 0. The van der Waals surface area contributed by atoms with Crippen LogP contribution in [-0.2, 0) is 0 Å². The zero-order chi connectivity index (χ0) is 17.7. The van der Waals surface area contributed by atoms with Gasteiger partial charge in [0.15, 0.2) is 0 Å². The fraction of sp³-hybridized carbons (Fsp3) is 0.400. The van der Waals surface area contributed by atoms with Gasteiger partial charge in [0.1, 0.15) is 36.2 Å². The van der Waals surface area contributed by atoms with Crippen LogP contribution in [0.25, 0.3) is 0 Å². The van der Waals surface area contributed by atoms with E-state index in [1.165, 1.54) is 0 Å². The van der Waals surface area contributed by atoms with Gasteiger partial charge in [0, 0.05) is 12.2 Å². The highest BCUT2D eigenvalue weighted by atomic mass is 35.5. The molecule has 0 saturated heterocycles. The summed E-state index contributed by atoms with van der Waals surface area (Å²) >= 11 is 13.0. The summed E-state index contributed by atoms with van der Waals surface area (Å²) in [7, 11) is 0. The Bertz CT molecular complexity index is 655. The van der Waals surface area contributed by atoms with E-state index in [0.717, 1.165) is 58.8 Å². The van der Waals surface area contributed by atoms with E-state index in [9.17, 15) is 0 Å². The standard InChI is InChI=1S/C20H26Cl2N2/c1-5-23(6-2)19-11-9-15(13-17(19)21)16-10-12-20(18(22)14-16)24(7-3)8-4/h9-14H,5-8H2,1-4H3/q+2/b16-15+. The zero-order valence-electron chi connectivity index (χ0n) is 14.9. The van der Waals surface area contributed by atoms with Crippen LogP contribution in [0.2, 0.25) is 0 Å². The second-order valence-corrected chi connectivity index (χ2v) is 6.49. The van der Waals surface area contributed by atoms with E-state index < -0.39 is 0 Å². The molecule has 0 unspecified atom stereocenters. The molecule has 0 aromatic rings. The molecular weight excluding hydrogens is 339 g/mol. The van der Waals surface area contributed by atoms with Crippen LogP contribution in [0.3, 0.4) is 0 Å². The Balaban J connectivity index is 2.41. The van der Waals surface area contributed by atoms with Crippen LogP contribution in [0.5, 0.6) is 0 Å². The Morgan fingerprint density at radius 2 is 0.958 bits per heavy atom. The number of nitrogens with zero attached hydrogens (tertiary/aromatic N) is 2. The van der Waals surface area contributed by atoms with E-state index in [4.69, 9.17) is 23.2 Å². The molecule has 0 saturated carbocycles. The van der Waals surface area contributed by atoms with Gasteiger partial charge in [-0.1, -0.05) is 23.2 Å². The van der Waals surface area contributed by atoms with Gasteiger partial charge in [-0.25, -0.2) is 9.15 Å². The van der Waals surface area contributed by atoms with Crippen molar-refractivity contribution in [3.8, 4) is 0 Å². The van der Waals surface area contributed by atoms with Crippen LogP contribution in [-0.4, -0.2) is 46.8 Å². The molecule has 0 aromatic carbocycles. The summed E-state index contributed by atoms with van der Waals surface area (Å²) in [6.45, 7) is 12.3. The average Bonchev–Trinajstić information content (AvgIpc) is 2.59. The minimum Gasteiger partial charge on any atom is -0.229 e. The fourth-order valence-corrected chi connectivity index (χ4v) is 3.61. The van der Waals surface area contributed by atoms with Crippen molar-refractivity contribution in [2.24, 2.45) is 0 Å². The molecule has 2 nitrogen and oxygen atoms in total. The molecular formula is C20H26Cl2N2+2. The second-order valence-electron chi connectivity index (χ2n) is 5.68. The van der Waals surface area contributed by atoms with Crippen molar-refractivity contribution in [2.45, 2.75) is 27.7 Å². The summed E-state index contributed by atoms with van der Waals surface area (Å²) < 4.78 is 4.51. The molecule has 0 bridgehead atoms. The summed E-state index contributed by atoms with van der Waals surface area (Å²) in [4.78, 5) is 0. The Morgan fingerprint density at radius 1 is 0.625 bits per heavy atom. The van der Waals surface area contributed by atoms with Gasteiger partial charge < -0.3 is 0 Å². The van der Waals surface area contributed by atoms with Crippen molar-refractivity contribution in [3.05, 3.63) is 57.7 Å². The monoisotopic (exact) mass is 364 g/mol. The molecule has 0 aromatic heterocycles. The summed E-state index contributed by atoms with van der Waals surface area (Å²) in [6.07, 6.45) is 12.5. The minimum atomic E-state index is 0.778. The molecule has 2 aliphatic rings. The summed E-state index contributed by atoms with van der Waals surface area (Å²) in [5.41, 5.74) is 4.33. The highest BCUT2D eigenvalue weighted by molar-refractivity contribution is 6.45. The van der Waals surface area contributed by atoms with Crippen molar-refractivity contribution < 1.29 is 9.15 Å². The van der Waals surface area contributed by atoms with Crippen LogP contribution in [0, 0.1) is 0 Å². The SMILES string of the molecule is CC[N+](CC)=C1C=C/C(=C2/C=CC(=[N+](CC)CC)C(Cl)=C2)C=C1Cl. The van der Waals surface area contributed by atoms with Gasteiger partial charge in [0.05, 0.1) is 0 Å². The normalized spacial score (nSPS) is 20.2. The van der Waals surface area contributed by atoms with Gasteiger partial charge in [-0.05, 0) is 63.1 Å². The van der Waals surface area contributed by atoms with Crippen molar-refractivity contribution in [3.63, 3.8) is 0 Å². The zero-order valence-corrected chi connectivity index (χ0v) is 16.5. The molecule has 0 amide bonds.